The van der Waals surface area contributed by atoms with Crippen LogP contribution in [0, 0.1) is 11.3 Å². The molecule has 1 aromatic rings. The molecule has 0 saturated heterocycles. The molecule has 0 aliphatic heterocycles. The Hall–Kier alpha value is -0.860. The first-order valence-corrected chi connectivity index (χ1v) is 7.24. The molecule has 0 radical (unpaired) electrons. The van der Waals surface area contributed by atoms with Gasteiger partial charge < -0.3 is 5.32 Å². The van der Waals surface area contributed by atoms with Crippen molar-refractivity contribution in [3.63, 3.8) is 0 Å². The van der Waals surface area contributed by atoms with Gasteiger partial charge in [-0.05, 0) is 18.2 Å². The summed E-state index contributed by atoms with van der Waals surface area (Å²) in [6.07, 6.45) is 0. The number of anilines is 1. The van der Waals surface area contributed by atoms with Crippen LogP contribution in [0.1, 0.15) is 12.5 Å². The van der Waals surface area contributed by atoms with Gasteiger partial charge in [-0.15, -0.1) is 0 Å². The first-order chi connectivity index (χ1) is 7.67. The maximum atomic E-state index is 11.2. The quantitative estimate of drug-likeness (QED) is 0.909. The maximum Gasteiger partial charge on any atom is 0.101 e. The number of benzene rings is 1. The van der Waals surface area contributed by atoms with Crippen LogP contribution in [0.25, 0.3) is 0 Å². The summed E-state index contributed by atoms with van der Waals surface area (Å²) in [5.41, 5.74) is 1.38. The van der Waals surface area contributed by atoms with E-state index in [1.807, 2.05) is 19.1 Å². The second-order valence-corrected chi connectivity index (χ2v) is 5.94. The molecular weight excluding hydrogens is 288 g/mol. The summed E-state index contributed by atoms with van der Waals surface area (Å²) in [7, 11) is -0.772. The molecule has 0 aliphatic carbocycles. The predicted octanol–water partition coefficient (Wildman–Crippen LogP) is 2.50. The highest BCUT2D eigenvalue weighted by Crippen LogP contribution is 2.20. The molecule has 0 aromatic heterocycles. The lowest BCUT2D eigenvalue weighted by Gasteiger charge is -2.08. The van der Waals surface area contributed by atoms with Gasteiger partial charge >= 0.3 is 0 Å². The van der Waals surface area contributed by atoms with Crippen molar-refractivity contribution in [2.45, 2.75) is 6.92 Å². The standard InChI is InChI=1S/C11H13BrN2OS/c1-2-16(15)6-5-14-11-7-10(12)4-3-9(11)8-13/h3-4,7,14H,2,5-6H2,1H3. The van der Waals surface area contributed by atoms with Gasteiger partial charge in [-0.2, -0.15) is 5.26 Å². The third kappa shape index (κ3) is 3.95. The Labute approximate surface area is 106 Å². The van der Waals surface area contributed by atoms with Crippen LogP contribution in [-0.2, 0) is 10.8 Å². The molecule has 0 bridgehead atoms. The molecule has 0 aliphatic rings. The number of nitrogens with zero attached hydrogens (tertiary/aromatic N) is 1. The molecule has 86 valence electrons. The second kappa shape index (κ2) is 6.66. The number of nitriles is 1. The first-order valence-electron chi connectivity index (χ1n) is 4.96. The van der Waals surface area contributed by atoms with E-state index in [-0.39, 0.29) is 0 Å². The van der Waals surface area contributed by atoms with Crippen LogP contribution >= 0.6 is 15.9 Å². The van der Waals surface area contributed by atoms with E-state index in [9.17, 15) is 4.21 Å². The summed E-state index contributed by atoms with van der Waals surface area (Å²) in [6, 6.07) is 7.55. The fourth-order valence-electron chi connectivity index (χ4n) is 1.20. The molecule has 0 heterocycles. The Balaban J connectivity index is 2.63. The molecule has 16 heavy (non-hydrogen) atoms. The molecule has 0 spiro atoms. The van der Waals surface area contributed by atoms with Gasteiger partial charge in [0.1, 0.15) is 6.07 Å². The minimum Gasteiger partial charge on any atom is -0.383 e. The van der Waals surface area contributed by atoms with Crippen molar-refractivity contribution in [2.24, 2.45) is 0 Å². The van der Waals surface area contributed by atoms with Crippen molar-refractivity contribution in [3.8, 4) is 6.07 Å². The topological polar surface area (TPSA) is 52.9 Å². The fraction of sp³-hybridized carbons (Fsp3) is 0.364. The highest BCUT2D eigenvalue weighted by Gasteiger charge is 2.02. The molecule has 1 N–H and O–H groups in total. The molecular formula is C11H13BrN2OS. The smallest absolute Gasteiger partial charge is 0.101 e. The van der Waals surface area contributed by atoms with Crippen molar-refractivity contribution in [3.05, 3.63) is 28.2 Å². The lowest BCUT2D eigenvalue weighted by atomic mass is 10.2. The van der Waals surface area contributed by atoms with Crippen LogP contribution in [0.15, 0.2) is 22.7 Å². The van der Waals surface area contributed by atoms with Crippen LogP contribution in [0.4, 0.5) is 5.69 Å². The van der Waals surface area contributed by atoms with Gasteiger partial charge in [0, 0.05) is 33.3 Å². The van der Waals surface area contributed by atoms with Crippen molar-refractivity contribution in [1.82, 2.24) is 0 Å². The van der Waals surface area contributed by atoms with Gasteiger partial charge in [0.05, 0.1) is 11.3 Å². The summed E-state index contributed by atoms with van der Waals surface area (Å²) in [4.78, 5) is 0. The van der Waals surface area contributed by atoms with Gasteiger partial charge in [0.2, 0.25) is 0 Å². The SMILES string of the molecule is CCS(=O)CCNc1cc(Br)ccc1C#N. The summed E-state index contributed by atoms with van der Waals surface area (Å²) in [5, 5.41) is 12.0. The maximum absolute atomic E-state index is 11.2. The molecule has 5 heteroatoms. The van der Waals surface area contributed by atoms with E-state index in [1.54, 1.807) is 6.07 Å². The van der Waals surface area contributed by atoms with E-state index in [1.165, 1.54) is 0 Å². The average Bonchev–Trinajstić information content (AvgIpc) is 2.29. The molecule has 0 amide bonds. The lowest BCUT2D eigenvalue weighted by molar-refractivity contribution is 0.684. The fourth-order valence-corrected chi connectivity index (χ4v) is 2.18. The predicted molar refractivity (Wildman–Crippen MR) is 70.9 cm³/mol. The van der Waals surface area contributed by atoms with Crippen LogP contribution in [0.3, 0.4) is 0 Å². The van der Waals surface area contributed by atoms with Crippen LogP contribution in [-0.4, -0.2) is 22.3 Å². The van der Waals surface area contributed by atoms with Crippen molar-refractivity contribution in [1.29, 1.82) is 5.26 Å². The minimum atomic E-state index is -0.772. The minimum absolute atomic E-state index is 0.602. The third-order valence-electron chi connectivity index (χ3n) is 2.07. The molecule has 0 fully saturated rings. The molecule has 1 atom stereocenters. The van der Waals surface area contributed by atoms with Gasteiger partial charge in [0.25, 0.3) is 0 Å². The zero-order valence-electron chi connectivity index (χ0n) is 9.00. The number of halogens is 1. The molecule has 3 nitrogen and oxygen atoms in total. The number of hydrogen-bond donors (Lipinski definition) is 1. The number of rotatable bonds is 5. The van der Waals surface area contributed by atoms with Gasteiger partial charge in [-0.1, -0.05) is 22.9 Å². The van der Waals surface area contributed by atoms with Crippen molar-refractivity contribution in [2.75, 3.05) is 23.4 Å². The van der Waals surface area contributed by atoms with Crippen molar-refractivity contribution < 1.29 is 4.21 Å². The van der Waals surface area contributed by atoms with E-state index in [0.717, 1.165) is 10.2 Å². The largest absolute Gasteiger partial charge is 0.383 e. The van der Waals surface area contributed by atoms with Crippen LogP contribution in [0.2, 0.25) is 0 Å². The highest BCUT2D eigenvalue weighted by molar-refractivity contribution is 9.10. The van der Waals surface area contributed by atoms with Gasteiger partial charge in [0.15, 0.2) is 0 Å². The highest BCUT2D eigenvalue weighted by atomic mass is 79.9. The Bertz CT molecular complexity index is 428. The van der Waals surface area contributed by atoms with Crippen LogP contribution < -0.4 is 5.32 Å². The van der Waals surface area contributed by atoms with E-state index >= 15 is 0 Å². The van der Waals surface area contributed by atoms with E-state index in [0.29, 0.717) is 23.6 Å². The number of nitrogens with one attached hydrogen (secondary N) is 1. The van der Waals surface area contributed by atoms with Gasteiger partial charge in [-0.25, -0.2) is 0 Å². The average molecular weight is 301 g/mol. The van der Waals surface area contributed by atoms with E-state index in [2.05, 4.69) is 27.3 Å². The lowest BCUT2D eigenvalue weighted by Crippen LogP contribution is -2.12. The normalized spacial score (nSPS) is 11.8. The summed E-state index contributed by atoms with van der Waals surface area (Å²) >= 11 is 3.35. The summed E-state index contributed by atoms with van der Waals surface area (Å²) < 4.78 is 12.1. The van der Waals surface area contributed by atoms with E-state index < -0.39 is 10.8 Å². The van der Waals surface area contributed by atoms with Crippen LogP contribution in [0.5, 0.6) is 0 Å². The zero-order chi connectivity index (χ0) is 12.0. The van der Waals surface area contributed by atoms with Gasteiger partial charge in [-0.3, -0.25) is 4.21 Å². The molecule has 1 aromatic carbocycles. The van der Waals surface area contributed by atoms with Crippen molar-refractivity contribution >= 4 is 32.4 Å². The summed E-state index contributed by atoms with van der Waals surface area (Å²) in [6.45, 7) is 2.52. The first kappa shape index (κ1) is 13.2. The Morgan fingerprint density at radius 1 is 1.56 bits per heavy atom. The summed E-state index contributed by atoms with van der Waals surface area (Å²) in [5.74, 6) is 1.28. The Morgan fingerprint density at radius 3 is 2.94 bits per heavy atom. The molecule has 1 unspecified atom stereocenters. The zero-order valence-corrected chi connectivity index (χ0v) is 11.4. The second-order valence-electron chi connectivity index (χ2n) is 3.16. The monoisotopic (exact) mass is 300 g/mol. The molecule has 0 saturated carbocycles. The Kier molecular flexibility index (Phi) is 5.50. The Morgan fingerprint density at radius 2 is 2.31 bits per heavy atom. The molecule has 1 rings (SSSR count). The number of hydrogen-bond acceptors (Lipinski definition) is 3. The third-order valence-corrected chi connectivity index (χ3v) is 3.87. The van der Waals surface area contributed by atoms with E-state index in [4.69, 9.17) is 5.26 Å².